The van der Waals surface area contributed by atoms with Crippen LogP contribution in [0, 0.1) is 11.6 Å². The van der Waals surface area contributed by atoms with Gasteiger partial charge in [0, 0.05) is 17.1 Å². The van der Waals surface area contributed by atoms with Gasteiger partial charge in [0.2, 0.25) is 0 Å². The molecule has 0 saturated carbocycles. The van der Waals surface area contributed by atoms with Crippen molar-refractivity contribution in [2.45, 2.75) is 13.0 Å². The number of halogens is 4. The van der Waals surface area contributed by atoms with E-state index in [1.165, 1.54) is 36.4 Å². The third-order valence-electron chi connectivity index (χ3n) is 5.78. The molecular formula is C29H21Cl2F2N3O3. The standard InChI is InChI=1S/C15H10ClFN2O2.C14H11ClFNO/c16-9-4-1-2-7-12(9)19-13(8-20)18-11-6-3-5-10(17)14(11)15(19)21;15-10-5-2-1-4-9(10)8-13(18)14-11(16)6-3-7-12(14)17/h1-7,20H,8H2;1-7H,8,17H2. The number of rotatable bonds is 5. The lowest BCUT2D eigenvalue weighted by atomic mass is 10.0. The zero-order chi connectivity index (χ0) is 28.1. The number of Topliss-reactive ketones (excluding diaryl/α,β-unsaturated/α-hetero) is 1. The first kappa shape index (κ1) is 27.9. The third kappa shape index (κ3) is 5.98. The van der Waals surface area contributed by atoms with E-state index in [1.54, 1.807) is 48.5 Å². The van der Waals surface area contributed by atoms with Crippen LogP contribution in [0.3, 0.4) is 0 Å². The molecule has 5 aromatic rings. The van der Waals surface area contributed by atoms with Crippen LogP contribution in [0.2, 0.25) is 10.0 Å². The van der Waals surface area contributed by atoms with Gasteiger partial charge in [0.25, 0.3) is 5.56 Å². The molecule has 0 spiro atoms. The van der Waals surface area contributed by atoms with Gasteiger partial charge in [-0.25, -0.2) is 13.8 Å². The highest BCUT2D eigenvalue weighted by molar-refractivity contribution is 6.32. The molecule has 10 heteroatoms. The van der Waals surface area contributed by atoms with E-state index in [2.05, 4.69) is 4.98 Å². The van der Waals surface area contributed by atoms with Crippen LogP contribution >= 0.6 is 23.2 Å². The summed E-state index contributed by atoms with van der Waals surface area (Å²) in [7, 11) is 0. The van der Waals surface area contributed by atoms with E-state index in [1.807, 2.05) is 0 Å². The second kappa shape index (κ2) is 12.2. The molecule has 0 radical (unpaired) electrons. The van der Waals surface area contributed by atoms with Crippen molar-refractivity contribution in [3.05, 3.63) is 134 Å². The summed E-state index contributed by atoms with van der Waals surface area (Å²) in [5.74, 6) is -1.53. The number of benzene rings is 4. The number of carbonyl (C=O) groups is 1. The number of hydrogen-bond donors (Lipinski definition) is 2. The fourth-order valence-electron chi connectivity index (χ4n) is 3.96. The number of nitrogens with zero attached hydrogens (tertiary/aromatic N) is 2. The fourth-order valence-corrected chi connectivity index (χ4v) is 4.38. The monoisotopic (exact) mass is 567 g/mol. The molecule has 0 aliphatic carbocycles. The summed E-state index contributed by atoms with van der Waals surface area (Å²) in [6.07, 6.45) is 0.0325. The van der Waals surface area contributed by atoms with E-state index >= 15 is 0 Å². The van der Waals surface area contributed by atoms with Gasteiger partial charge < -0.3 is 10.8 Å². The average Bonchev–Trinajstić information content (AvgIpc) is 2.91. The number of ketones is 1. The van der Waals surface area contributed by atoms with Crippen molar-refractivity contribution in [1.29, 1.82) is 0 Å². The minimum Gasteiger partial charge on any atom is -0.398 e. The molecule has 6 nitrogen and oxygen atoms in total. The summed E-state index contributed by atoms with van der Waals surface area (Å²) in [4.78, 5) is 28.8. The molecular weight excluding hydrogens is 547 g/mol. The Morgan fingerprint density at radius 1 is 0.872 bits per heavy atom. The fraction of sp³-hybridized carbons (Fsp3) is 0.0690. The van der Waals surface area contributed by atoms with Gasteiger partial charge in [-0.15, -0.1) is 0 Å². The van der Waals surface area contributed by atoms with Gasteiger partial charge in [0.15, 0.2) is 5.78 Å². The second-order valence-electron chi connectivity index (χ2n) is 8.31. The SMILES string of the molecule is Nc1cccc(F)c1C(=O)Cc1ccccc1Cl.O=c1c2c(F)cccc2nc(CO)n1-c1ccccc1Cl. The number of nitrogen functional groups attached to an aromatic ring is 1. The molecule has 1 aromatic heterocycles. The number of fused-ring (bicyclic) bond motifs is 1. The van der Waals surface area contributed by atoms with Crippen LogP contribution in [0.4, 0.5) is 14.5 Å². The lowest BCUT2D eigenvalue weighted by Crippen LogP contribution is -2.25. The van der Waals surface area contributed by atoms with Gasteiger partial charge in [-0.05, 0) is 48.0 Å². The molecule has 4 aromatic carbocycles. The zero-order valence-corrected chi connectivity index (χ0v) is 21.8. The van der Waals surface area contributed by atoms with Crippen molar-refractivity contribution in [1.82, 2.24) is 9.55 Å². The number of carbonyl (C=O) groups excluding carboxylic acids is 1. The quantitative estimate of drug-likeness (QED) is 0.196. The highest BCUT2D eigenvalue weighted by atomic mass is 35.5. The van der Waals surface area contributed by atoms with Crippen LogP contribution in [0.25, 0.3) is 16.6 Å². The van der Waals surface area contributed by atoms with Crippen molar-refractivity contribution in [2.24, 2.45) is 0 Å². The highest BCUT2D eigenvalue weighted by Crippen LogP contribution is 2.23. The maximum Gasteiger partial charge on any atom is 0.269 e. The van der Waals surface area contributed by atoms with Gasteiger partial charge in [-0.1, -0.05) is 65.7 Å². The molecule has 0 fully saturated rings. The van der Waals surface area contributed by atoms with Crippen LogP contribution in [0.1, 0.15) is 21.7 Å². The Balaban J connectivity index is 0.000000183. The molecule has 0 saturated heterocycles. The number of aliphatic hydroxyl groups is 1. The number of aromatic nitrogens is 2. The number of nitrogens with two attached hydrogens (primary N) is 1. The molecule has 39 heavy (non-hydrogen) atoms. The Morgan fingerprint density at radius 3 is 2.18 bits per heavy atom. The second-order valence-corrected chi connectivity index (χ2v) is 9.12. The number of aliphatic hydroxyl groups excluding tert-OH is 1. The molecule has 198 valence electrons. The predicted octanol–water partition coefficient (Wildman–Crippen LogP) is 6.16. The largest absolute Gasteiger partial charge is 0.398 e. The summed E-state index contributed by atoms with van der Waals surface area (Å²) in [5.41, 5.74) is 6.31. The molecule has 5 rings (SSSR count). The lowest BCUT2D eigenvalue weighted by molar-refractivity contribution is 0.0990. The van der Waals surface area contributed by atoms with Gasteiger partial charge >= 0.3 is 0 Å². The summed E-state index contributed by atoms with van der Waals surface area (Å²) in [6, 6.07) is 22.0. The van der Waals surface area contributed by atoms with E-state index < -0.39 is 23.8 Å². The smallest absolute Gasteiger partial charge is 0.269 e. The predicted molar refractivity (Wildman–Crippen MR) is 149 cm³/mol. The Morgan fingerprint density at radius 2 is 1.51 bits per heavy atom. The topological polar surface area (TPSA) is 98.2 Å². The maximum absolute atomic E-state index is 13.9. The van der Waals surface area contributed by atoms with Crippen molar-refractivity contribution in [3.8, 4) is 5.69 Å². The Bertz CT molecular complexity index is 1720. The first-order valence-corrected chi connectivity index (χ1v) is 12.3. The average molecular weight is 568 g/mol. The molecule has 1 heterocycles. The number of anilines is 1. The van der Waals surface area contributed by atoms with Gasteiger partial charge in [0.1, 0.15) is 29.5 Å². The van der Waals surface area contributed by atoms with Crippen molar-refractivity contribution in [3.63, 3.8) is 0 Å². The Labute approximate surface area is 231 Å². The molecule has 0 aliphatic rings. The van der Waals surface area contributed by atoms with E-state index in [4.69, 9.17) is 28.9 Å². The Hall–Kier alpha value is -4.11. The maximum atomic E-state index is 13.9. The van der Waals surface area contributed by atoms with Crippen molar-refractivity contribution < 1.29 is 18.7 Å². The molecule has 0 aliphatic heterocycles. The summed E-state index contributed by atoms with van der Waals surface area (Å²) >= 11 is 12.0. The minimum atomic E-state index is -0.657. The summed E-state index contributed by atoms with van der Waals surface area (Å²) < 4.78 is 28.6. The normalized spacial score (nSPS) is 10.7. The van der Waals surface area contributed by atoms with E-state index in [0.717, 1.165) is 4.57 Å². The van der Waals surface area contributed by atoms with Gasteiger partial charge in [-0.3, -0.25) is 14.2 Å². The van der Waals surface area contributed by atoms with E-state index in [-0.39, 0.29) is 40.2 Å². The van der Waals surface area contributed by atoms with E-state index in [9.17, 15) is 23.5 Å². The summed E-state index contributed by atoms with van der Waals surface area (Å²) in [6.45, 7) is -0.465. The first-order valence-electron chi connectivity index (χ1n) is 11.6. The molecule has 3 N–H and O–H groups in total. The third-order valence-corrected chi connectivity index (χ3v) is 6.47. The lowest BCUT2D eigenvalue weighted by Gasteiger charge is -2.13. The minimum absolute atomic E-state index is 0.0325. The summed E-state index contributed by atoms with van der Waals surface area (Å²) in [5, 5.41) is 10.1. The van der Waals surface area contributed by atoms with Crippen molar-refractivity contribution >= 4 is 45.6 Å². The number of hydrogen-bond acceptors (Lipinski definition) is 5. The molecule has 0 amide bonds. The van der Waals surface area contributed by atoms with Crippen LogP contribution in [-0.4, -0.2) is 20.4 Å². The Kier molecular flexibility index (Phi) is 8.71. The van der Waals surface area contributed by atoms with E-state index in [0.29, 0.717) is 21.3 Å². The van der Waals surface area contributed by atoms with Crippen LogP contribution in [0.5, 0.6) is 0 Å². The first-order chi connectivity index (χ1) is 18.7. The highest BCUT2D eigenvalue weighted by Gasteiger charge is 2.17. The van der Waals surface area contributed by atoms with Gasteiger partial charge in [-0.2, -0.15) is 0 Å². The van der Waals surface area contributed by atoms with Crippen molar-refractivity contribution in [2.75, 3.05) is 5.73 Å². The van der Waals surface area contributed by atoms with Gasteiger partial charge in [0.05, 0.1) is 21.8 Å². The van der Waals surface area contributed by atoms with Crippen LogP contribution in [0.15, 0.2) is 89.7 Å². The molecule has 0 unspecified atom stereocenters. The van der Waals surface area contributed by atoms with Crippen LogP contribution < -0.4 is 11.3 Å². The van der Waals surface area contributed by atoms with Crippen LogP contribution in [-0.2, 0) is 13.0 Å². The zero-order valence-electron chi connectivity index (χ0n) is 20.2. The number of para-hydroxylation sites is 1. The molecule has 0 atom stereocenters. The molecule has 0 bridgehead atoms.